The molecule has 136 valence electrons. The van der Waals surface area contributed by atoms with Crippen molar-refractivity contribution in [2.75, 3.05) is 33.3 Å². The van der Waals surface area contributed by atoms with Gasteiger partial charge < -0.3 is 9.64 Å². The molecule has 0 bridgehead atoms. The minimum absolute atomic E-state index is 0.383. The molecule has 0 aromatic heterocycles. The Balaban J connectivity index is 1.33. The minimum Gasteiger partial charge on any atom is -0.497 e. The Morgan fingerprint density at radius 2 is 2.00 bits per heavy atom. The van der Waals surface area contributed by atoms with Gasteiger partial charge in [-0.25, -0.2) is 0 Å². The van der Waals surface area contributed by atoms with E-state index in [1.807, 2.05) is 6.07 Å². The van der Waals surface area contributed by atoms with Crippen molar-refractivity contribution in [3.05, 3.63) is 29.8 Å². The predicted molar refractivity (Wildman–Crippen MR) is 98.5 cm³/mol. The second-order valence-corrected chi connectivity index (χ2v) is 8.35. The number of nitrogens with zero attached hydrogens (tertiary/aromatic N) is 2. The number of carbonyl (C=O) groups excluding carboxylic acids is 1. The number of methoxy groups -OCH3 is 1. The maximum Gasteiger partial charge on any atom is 0.222 e. The zero-order valence-electron chi connectivity index (χ0n) is 15.4. The summed E-state index contributed by atoms with van der Waals surface area (Å²) < 4.78 is 5.34. The van der Waals surface area contributed by atoms with Crippen LogP contribution in [-0.2, 0) is 11.3 Å². The molecule has 2 aliphatic heterocycles. The zero-order chi connectivity index (χ0) is 17.3. The molecule has 2 saturated heterocycles. The standard InChI is InChI=1S/C21H30N2O2/c1-25-19-4-2-3-18(13-19)14-22-11-9-21(10-12-22)8-7-20(24)23(16-21)15-17-5-6-17/h2-4,13,17H,5-12,14-16H2,1H3. The van der Waals surface area contributed by atoms with E-state index in [0.29, 0.717) is 11.3 Å². The van der Waals surface area contributed by atoms with Gasteiger partial charge in [0.1, 0.15) is 5.75 Å². The lowest BCUT2D eigenvalue weighted by Crippen LogP contribution is -2.51. The van der Waals surface area contributed by atoms with Gasteiger partial charge in [-0.2, -0.15) is 0 Å². The van der Waals surface area contributed by atoms with Gasteiger partial charge in [-0.3, -0.25) is 9.69 Å². The molecule has 1 aromatic rings. The average molecular weight is 342 g/mol. The van der Waals surface area contributed by atoms with Crippen LogP contribution in [0.5, 0.6) is 5.75 Å². The molecule has 1 saturated carbocycles. The van der Waals surface area contributed by atoms with E-state index in [-0.39, 0.29) is 0 Å². The van der Waals surface area contributed by atoms with Crippen LogP contribution >= 0.6 is 0 Å². The fourth-order valence-electron chi connectivity index (χ4n) is 4.50. The van der Waals surface area contributed by atoms with Gasteiger partial charge in [0.15, 0.2) is 0 Å². The summed E-state index contributed by atoms with van der Waals surface area (Å²) in [6.45, 7) is 5.31. The molecule has 1 aromatic carbocycles. The fraction of sp³-hybridized carbons (Fsp3) is 0.667. The Kier molecular flexibility index (Phi) is 4.72. The van der Waals surface area contributed by atoms with Crippen LogP contribution in [0.25, 0.3) is 0 Å². The van der Waals surface area contributed by atoms with E-state index < -0.39 is 0 Å². The molecule has 0 atom stereocenters. The van der Waals surface area contributed by atoms with Gasteiger partial charge in [0.25, 0.3) is 0 Å². The van der Waals surface area contributed by atoms with Crippen molar-refractivity contribution in [2.24, 2.45) is 11.3 Å². The van der Waals surface area contributed by atoms with Crippen molar-refractivity contribution >= 4 is 5.91 Å². The number of likely N-dealkylation sites (tertiary alicyclic amines) is 2. The van der Waals surface area contributed by atoms with Crippen LogP contribution in [0.3, 0.4) is 0 Å². The fourth-order valence-corrected chi connectivity index (χ4v) is 4.50. The van der Waals surface area contributed by atoms with E-state index in [1.54, 1.807) is 7.11 Å². The van der Waals surface area contributed by atoms with Gasteiger partial charge in [0, 0.05) is 26.1 Å². The van der Waals surface area contributed by atoms with Crippen LogP contribution in [0.2, 0.25) is 0 Å². The highest BCUT2D eigenvalue weighted by atomic mass is 16.5. The molecule has 1 spiro atoms. The number of rotatable bonds is 5. The number of hydrogen-bond acceptors (Lipinski definition) is 3. The predicted octanol–water partition coefficient (Wildman–Crippen LogP) is 3.31. The first-order valence-corrected chi connectivity index (χ1v) is 9.79. The Labute approximate surface area is 151 Å². The number of ether oxygens (including phenoxy) is 1. The second-order valence-electron chi connectivity index (χ2n) is 8.35. The van der Waals surface area contributed by atoms with E-state index in [2.05, 4.69) is 28.0 Å². The summed E-state index contributed by atoms with van der Waals surface area (Å²) in [4.78, 5) is 17.0. The monoisotopic (exact) mass is 342 g/mol. The maximum absolute atomic E-state index is 12.3. The first kappa shape index (κ1) is 16.9. The molecule has 4 heteroatoms. The van der Waals surface area contributed by atoms with E-state index in [9.17, 15) is 4.79 Å². The normalized spacial score (nSPS) is 23.9. The number of carbonyl (C=O) groups is 1. The largest absolute Gasteiger partial charge is 0.497 e. The molecule has 25 heavy (non-hydrogen) atoms. The maximum atomic E-state index is 12.3. The van der Waals surface area contributed by atoms with Crippen molar-refractivity contribution in [1.82, 2.24) is 9.80 Å². The third-order valence-corrected chi connectivity index (χ3v) is 6.38. The molecule has 3 fully saturated rings. The summed E-state index contributed by atoms with van der Waals surface area (Å²) in [6.07, 6.45) is 6.97. The van der Waals surface area contributed by atoms with E-state index in [0.717, 1.165) is 57.2 Å². The third-order valence-electron chi connectivity index (χ3n) is 6.38. The quantitative estimate of drug-likeness (QED) is 0.823. The van der Waals surface area contributed by atoms with Crippen molar-refractivity contribution in [1.29, 1.82) is 0 Å². The summed E-state index contributed by atoms with van der Waals surface area (Å²) in [5.41, 5.74) is 1.71. The lowest BCUT2D eigenvalue weighted by atomic mass is 9.72. The molecular formula is C21H30N2O2. The molecule has 0 radical (unpaired) electrons. The highest BCUT2D eigenvalue weighted by Gasteiger charge is 2.42. The van der Waals surface area contributed by atoms with Crippen molar-refractivity contribution in [3.8, 4) is 5.75 Å². The zero-order valence-corrected chi connectivity index (χ0v) is 15.4. The van der Waals surface area contributed by atoms with Crippen LogP contribution in [0.15, 0.2) is 24.3 Å². The van der Waals surface area contributed by atoms with Gasteiger partial charge in [-0.05, 0) is 74.2 Å². The molecule has 2 heterocycles. The summed E-state index contributed by atoms with van der Waals surface area (Å²) in [6, 6.07) is 8.40. The second kappa shape index (κ2) is 6.99. The molecule has 1 amide bonds. The van der Waals surface area contributed by atoms with E-state index >= 15 is 0 Å². The topological polar surface area (TPSA) is 32.8 Å². The Morgan fingerprint density at radius 3 is 2.72 bits per heavy atom. The molecular weight excluding hydrogens is 312 g/mol. The Morgan fingerprint density at radius 1 is 1.20 bits per heavy atom. The van der Waals surface area contributed by atoms with Gasteiger partial charge >= 0.3 is 0 Å². The molecule has 4 nitrogen and oxygen atoms in total. The van der Waals surface area contributed by atoms with E-state index in [1.165, 1.54) is 31.2 Å². The highest BCUT2D eigenvalue weighted by molar-refractivity contribution is 5.77. The SMILES string of the molecule is COc1cccc(CN2CCC3(CCC(=O)N(CC4CC4)C3)CC2)c1. The third kappa shape index (κ3) is 4.00. The van der Waals surface area contributed by atoms with Crippen molar-refractivity contribution in [2.45, 2.75) is 45.1 Å². The number of piperidine rings is 2. The molecule has 0 unspecified atom stereocenters. The van der Waals surface area contributed by atoms with Gasteiger partial charge in [0.05, 0.1) is 7.11 Å². The minimum atomic E-state index is 0.383. The number of benzene rings is 1. The van der Waals surface area contributed by atoms with Crippen LogP contribution in [0.4, 0.5) is 0 Å². The Hall–Kier alpha value is -1.55. The highest BCUT2D eigenvalue weighted by Crippen LogP contribution is 2.42. The number of hydrogen-bond donors (Lipinski definition) is 0. The first-order valence-electron chi connectivity index (χ1n) is 9.79. The summed E-state index contributed by atoms with van der Waals surface area (Å²) in [7, 11) is 1.72. The van der Waals surface area contributed by atoms with Gasteiger partial charge in [0.2, 0.25) is 5.91 Å². The van der Waals surface area contributed by atoms with Gasteiger partial charge in [-0.1, -0.05) is 12.1 Å². The van der Waals surface area contributed by atoms with Gasteiger partial charge in [-0.15, -0.1) is 0 Å². The Bertz CT molecular complexity index is 618. The summed E-state index contributed by atoms with van der Waals surface area (Å²) >= 11 is 0. The molecule has 1 aliphatic carbocycles. The lowest BCUT2D eigenvalue weighted by molar-refractivity contribution is -0.139. The van der Waals surface area contributed by atoms with Crippen LogP contribution < -0.4 is 4.74 Å². The van der Waals surface area contributed by atoms with Crippen LogP contribution in [-0.4, -0.2) is 49.0 Å². The molecule has 0 N–H and O–H groups in total. The van der Waals surface area contributed by atoms with E-state index in [4.69, 9.17) is 4.74 Å². The average Bonchev–Trinajstić information content (AvgIpc) is 3.45. The summed E-state index contributed by atoms with van der Waals surface area (Å²) in [5.74, 6) is 2.14. The smallest absolute Gasteiger partial charge is 0.222 e. The first-order chi connectivity index (χ1) is 12.2. The molecule has 3 aliphatic rings. The summed E-state index contributed by atoms with van der Waals surface area (Å²) in [5, 5.41) is 0. The lowest BCUT2D eigenvalue weighted by Gasteiger charge is -2.47. The van der Waals surface area contributed by atoms with Crippen LogP contribution in [0, 0.1) is 11.3 Å². The molecule has 4 rings (SSSR count). The number of amides is 1. The van der Waals surface area contributed by atoms with Crippen LogP contribution in [0.1, 0.15) is 44.1 Å². The van der Waals surface area contributed by atoms with Crippen molar-refractivity contribution < 1.29 is 9.53 Å². The van der Waals surface area contributed by atoms with Crippen molar-refractivity contribution in [3.63, 3.8) is 0 Å².